The lowest BCUT2D eigenvalue weighted by Gasteiger charge is -2.32. The summed E-state index contributed by atoms with van der Waals surface area (Å²) in [6, 6.07) is 10.6. The molecule has 2 aliphatic rings. The van der Waals surface area contributed by atoms with E-state index in [-0.39, 0.29) is 17.0 Å². The van der Waals surface area contributed by atoms with Gasteiger partial charge in [-0.1, -0.05) is 29.3 Å². The maximum atomic E-state index is 11.7. The Morgan fingerprint density at radius 3 is 2.55 bits per heavy atom. The lowest BCUT2D eigenvalue weighted by molar-refractivity contribution is 0.0821. The topological polar surface area (TPSA) is 58.6 Å². The second kappa shape index (κ2) is 8.44. The van der Waals surface area contributed by atoms with Gasteiger partial charge in [0, 0.05) is 24.9 Å². The van der Waals surface area contributed by atoms with Gasteiger partial charge in [-0.25, -0.2) is 8.42 Å². The van der Waals surface area contributed by atoms with Crippen molar-refractivity contribution >= 4 is 33.0 Å². The molecule has 0 saturated carbocycles. The van der Waals surface area contributed by atoms with Gasteiger partial charge < -0.3 is 10.1 Å². The first-order valence-electron chi connectivity index (χ1n) is 9.73. The van der Waals surface area contributed by atoms with E-state index in [4.69, 9.17) is 27.9 Å². The van der Waals surface area contributed by atoms with Gasteiger partial charge in [0.1, 0.15) is 11.9 Å². The third kappa shape index (κ3) is 4.42. The van der Waals surface area contributed by atoms with Crippen LogP contribution in [0.4, 0.5) is 0 Å². The van der Waals surface area contributed by atoms with Crippen LogP contribution in [0.2, 0.25) is 10.0 Å². The predicted molar refractivity (Wildman–Crippen MR) is 116 cm³/mol. The number of rotatable bonds is 4. The number of benzene rings is 2. The molecule has 1 heterocycles. The van der Waals surface area contributed by atoms with Crippen LogP contribution in [0.1, 0.15) is 23.7 Å². The molecule has 0 radical (unpaired) electrons. The Hall–Kier alpha value is -1.31. The smallest absolute Gasteiger partial charge is 0.175 e. The van der Waals surface area contributed by atoms with Crippen LogP contribution in [0.5, 0.6) is 5.75 Å². The van der Waals surface area contributed by atoms with Gasteiger partial charge in [0.2, 0.25) is 0 Å². The molecular formula is C21H24Cl2N2O3S. The molecule has 0 amide bonds. The minimum atomic E-state index is -3.25. The highest BCUT2D eigenvalue weighted by molar-refractivity contribution is 7.90. The second-order valence-electron chi connectivity index (χ2n) is 7.63. The number of nitrogens with zero attached hydrogens (tertiary/aromatic N) is 1. The molecule has 0 aromatic heterocycles. The standard InChI is InChI=1S/C21H24Cl2N2O3S/c1-29(26,27)16-6-4-15(5-7-16)28-21-18(25-11-2-9-24-10-12-25)13-14-3-8-17(22)20(23)19(14)21/h3-8,18,21,24H,2,9-13H2,1H3. The molecule has 8 heteroatoms. The zero-order valence-corrected chi connectivity index (χ0v) is 18.5. The molecule has 1 aliphatic carbocycles. The highest BCUT2D eigenvalue weighted by atomic mass is 35.5. The van der Waals surface area contributed by atoms with E-state index in [2.05, 4.69) is 10.2 Å². The number of ether oxygens (including phenoxy) is 1. The van der Waals surface area contributed by atoms with Crippen LogP contribution < -0.4 is 10.1 Å². The van der Waals surface area contributed by atoms with Gasteiger partial charge >= 0.3 is 0 Å². The Balaban J connectivity index is 1.67. The van der Waals surface area contributed by atoms with Crippen LogP contribution in [0.3, 0.4) is 0 Å². The fourth-order valence-electron chi connectivity index (χ4n) is 4.18. The molecule has 1 saturated heterocycles. The molecule has 2 aromatic carbocycles. The summed E-state index contributed by atoms with van der Waals surface area (Å²) < 4.78 is 29.9. The number of hydrogen-bond donors (Lipinski definition) is 1. The van der Waals surface area contributed by atoms with E-state index in [1.165, 1.54) is 6.26 Å². The first-order valence-corrected chi connectivity index (χ1v) is 12.4. The average Bonchev–Trinajstić information content (AvgIpc) is 2.86. The van der Waals surface area contributed by atoms with Crippen molar-refractivity contribution in [1.29, 1.82) is 0 Å². The fourth-order valence-corrected chi connectivity index (χ4v) is 5.27. The Bertz CT molecular complexity index is 988. The number of halogens is 2. The molecule has 0 spiro atoms. The third-order valence-electron chi connectivity index (χ3n) is 5.64. The van der Waals surface area contributed by atoms with Gasteiger partial charge in [-0.3, -0.25) is 4.90 Å². The van der Waals surface area contributed by atoms with Crippen molar-refractivity contribution in [2.45, 2.75) is 29.9 Å². The molecule has 29 heavy (non-hydrogen) atoms. The SMILES string of the molecule is CS(=O)(=O)c1ccc(OC2c3c(ccc(Cl)c3Cl)CC2N2CCCNCC2)cc1. The Kier molecular flexibility index (Phi) is 6.09. The highest BCUT2D eigenvalue weighted by Crippen LogP contribution is 2.44. The van der Waals surface area contributed by atoms with E-state index in [0.29, 0.717) is 15.8 Å². The number of sulfone groups is 1. The van der Waals surface area contributed by atoms with Crippen LogP contribution in [-0.2, 0) is 16.3 Å². The van der Waals surface area contributed by atoms with Gasteiger partial charge in [-0.2, -0.15) is 0 Å². The molecule has 1 fully saturated rings. The summed E-state index contributed by atoms with van der Waals surface area (Å²) in [5, 5.41) is 4.50. The van der Waals surface area contributed by atoms with Gasteiger partial charge in [0.05, 0.1) is 21.0 Å². The average molecular weight is 455 g/mol. The van der Waals surface area contributed by atoms with Crippen molar-refractivity contribution in [3.05, 3.63) is 57.6 Å². The van der Waals surface area contributed by atoms with Gasteiger partial charge in [-0.15, -0.1) is 0 Å². The number of fused-ring (bicyclic) bond motifs is 1. The summed E-state index contributed by atoms with van der Waals surface area (Å²) >= 11 is 12.9. The van der Waals surface area contributed by atoms with Gasteiger partial charge in [0.25, 0.3) is 0 Å². The molecular weight excluding hydrogens is 431 g/mol. The van der Waals surface area contributed by atoms with E-state index in [1.807, 2.05) is 12.1 Å². The van der Waals surface area contributed by atoms with Gasteiger partial charge in [0.15, 0.2) is 9.84 Å². The van der Waals surface area contributed by atoms with Crippen LogP contribution in [0.15, 0.2) is 41.3 Å². The quantitative estimate of drug-likeness (QED) is 0.762. The minimum absolute atomic E-state index is 0.149. The van der Waals surface area contributed by atoms with Crippen LogP contribution in [-0.4, -0.2) is 51.8 Å². The van der Waals surface area contributed by atoms with Gasteiger partial charge in [-0.05, 0) is 61.8 Å². The monoisotopic (exact) mass is 454 g/mol. The maximum absolute atomic E-state index is 11.7. The van der Waals surface area contributed by atoms with Crippen molar-refractivity contribution in [2.75, 3.05) is 32.4 Å². The zero-order chi connectivity index (χ0) is 20.6. The number of hydrogen-bond acceptors (Lipinski definition) is 5. The summed E-state index contributed by atoms with van der Waals surface area (Å²) in [5.41, 5.74) is 2.09. The second-order valence-corrected chi connectivity index (χ2v) is 10.4. The predicted octanol–water partition coefficient (Wildman–Crippen LogP) is 3.74. The van der Waals surface area contributed by atoms with E-state index in [1.54, 1.807) is 24.3 Å². The molecule has 0 bridgehead atoms. The summed E-state index contributed by atoms with van der Waals surface area (Å²) in [4.78, 5) is 2.73. The van der Waals surface area contributed by atoms with E-state index in [9.17, 15) is 8.42 Å². The van der Waals surface area contributed by atoms with Crippen molar-refractivity contribution in [3.8, 4) is 5.75 Å². The van der Waals surface area contributed by atoms with E-state index < -0.39 is 9.84 Å². The van der Waals surface area contributed by atoms with E-state index in [0.717, 1.165) is 50.1 Å². The maximum Gasteiger partial charge on any atom is 0.175 e. The zero-order valence-electron chi connectivity index (χ0n) is 16.2. The molecule has 2 atom stereocenters. The first kappa shape index (κ1) is 20.9. The summed E-state index contributed by atoms with van der Waals surface area (Å²) in [6.07, 6.45) is 2.86. The van der Waals surface area contributed by atoms with Crippen molar-refractivity contribution < 1.29 is 13.2 Å². The Morgan fingerprint density at radius 1 is 1.07 bits per heavy atom. The molecule has 5 nitrogen and oxygen atoms in total. The first-order chi connectivity index (χ1) is 13.8. The van der Waals surface area contributed by atoms with Crippen molar-refractivity contribution in [2.24, 2.45) is 0 Å². The lowest BCUT2D eigenvalue weighted by atomic mass is 10.1. The normalized spacial score (nSPS) is 22.9. The Morgan fingerprint density at radius 2 is 1.83 bits per heavy atom. The lowest BCUT2D eigenvalue weighted by Crippen LogP contribution is -2.42. The van der Waals surface area contributed by atoms with Crippen molar-refractivity contribution in [1.82, 2.24) is 10.2 Å². The van der Waals surface area contributed by atoms with E-state index >= 15 is 0 Å². The fraction of sp³-hybridized carbons (Fsp3) is 0.429. The molecule has 1 N–H and O–H groups in total. The van der Waals surface area contributed by atoms with Crippen LogP contribution in [0.25, 0.3) is 0 Å². The van der Waals surface area contributed by atoms with Crippen LogP contribution in [0, 0.1) is 0 Å². The summed E-state index contributed by atoms with van der Waals surface area (Å²) in [7, 11) is -3.25. The number of nitrogens with one attached hydrogen (secondary N) is 1. The molecule has 4 rings (SSSR count). The molecule has 156 valence electrons. The summed E-state index contributed by atoms with van der Waals surface area (Å²) in [6.45, 7) is 3.89. The minimum Gasteiger partial charge on any atom is -0.484 e. The highest BCUT2D eigenvalue weighted by Gasteiger charge is 2.40. The van der Waals surface area contributed by atoms with Crippen LogP contribution >= 0.6 is 23.2 Å². The van der Waals surface area contributed by atoms with Crippen molar-refractivity contribution in [3.63, 3.8) is 0 Å². The third-order valence-corrected chi connectivity index (χ3v) is 7.59. The molecule has 1 aliphatic heterocycles. The summed E-state index contributed by atoms with van der Waals surface area (Å²) in [5.74, 6) is 0.615. The molecule has 2 aromatic rings. The largest absolute Gasteiger partial charge is 0.484 e. The Labute approximate surface area is 181 Å². The molecule has 2 unspecified atom stereocenters.